The summed E-state index contributed by atoms with van der Waals surface area (Å²) in [5, 5.41) is 0. The Morgan fingerprint density at radius 2 is 0.328 bits per heavy atom. The molecule has 58 heavy (non-hydrogen) atoms. The third kappa shape index (κ3) is 39.5. The molecule has 0 aromatic heterocycles. The van der Waals surface area contributed by atoms with Crippen molar-refractivity contribution >= 4 is 18.1 Å². The Labute approximate surface area is 360 Å². The van der Waals surface area contributed by atoms with Gasteiger partial charge in [-0.1, -0.05) is 153 Å². The Kier molecular flexibility index (Phi) is 47.8. The third-order valence-electron chi connectivity index (χ3n) is 7.73. The first-order valence-electron chi connectivity index (χ1n) is 22.8. The van der Waals surface area contributed by atoms with Gasteiger partial charge in [-0.25, -0.2) is 0 Å². The molecule has 0 heterocycles. The van der Waals surface area contributed by atoms with E-state index in [0.29, 0.717) is 52.9 Å². The molecule has 0 aromatic carbocycles. The van der Waals surface area contributed by atoms with E-state index in [-0.39, 0.29) is 0 Å². The number of hydrogen-bond donors (Lipinski definition) is 0. The van der Waals surface area contributed by atoms with Crippen molar-refractivity contribution in [2.45, 2.75) is 158 Å². The second-order valence-corrected chi connectivity index (χ2v) is 17.4. The van der Waals surface area contributed by atoms with Crippen LogP contribution < -0.4 is 0 Å². The second-order valence-electron chi connectivity index (χ2n) is 13.1. The summed E-state index contributed by atoms with van der Waals surface area (Å²) in [6.07, 6.45) is 49.2. The van der Waals surface area contributed by atoms with Crippen LogP contribution in [0.2, 0.25) is 0 Å². The second kappa shape index (κ2) is 47.7. The fraction of sp³-hybridized carbons (Fsp3) is 0.667. The number of hydrogen-bond acceptors (Lipinski definition) is 8. The summed E-state index contributed by atoms with van der Waals surface area (Å²) in [6, 6.07) is 0. The zero-order valence-corrected chi connectivity index (χ0v) is 40.5. The van der Waals surface area contributed by atoms with Crippen molar-refractivity contribution in [3.8, 4) is 0 Å². The van der Waals surface area contributed by atoms with Crippen LogP contribution in [-0.4, -0.2) is 71.0 Å². The van der Waals surface area contributed by atoms with Gasteiger partial charge in [-0.15, -0.1) is 0 Å². The monoisotopic (exact) mass is 849 g/mol. The smallest absolute Gasteiger partial charge is 0.351 e. The third-order valence-corrected chi connectivity index (χ3v) is 12.2. The van der Waals surface area contributed by atoms with Gasteiger partial charge in [0.05, 0.1) is 0 Å². The van der Waals surface area contributed by atoms with Crippen LogP contribution in [0.1, 0.15) is 158 Å². The molecule has 0 spiro atoms. The Bertz CT molecular complexity index is 829. The lowest BCUT2D eigenvalue weighted by Gasteiger charge is -2.28. The maximum Gasteiger partial charge on any atom is 0.679 e. The minimum atomic E-state index is -3.17. The van der Waals surface area contributed by atoms with Gasteiger partial charge in [0.1, 0.15) is 0 Å². The van der Waals surface area contributed by atoms with E-state index in [1.54, 1.807) is 0 Å². The molecule has 0 atom stereocenters. The standard InChI is InChI=1S/2C24H44O4Si/c2*1-5-9-13-17-21-25-29(26-22-18-14-10-6-2,27-23-19-15-11-7-3)28-24-20-16-12-8-4/h2*9-16H,5-8,17-24H2,1-4H3. The van der Waals surface area contributed by atoms with Gasteiger partial charge in [0, 0.05) is 52.9 Å². The molecular formula is C48H88O8Si2. The molecule has 0 saturated heterocycles. The summed E-state index contributed by atoms with van der Waals surface area (Å²) >= 11 is 0. The molecule has 0 rings (SSSR count). The molecule has 0 aliphatic heterocycles. The highest BCUT2D eigenvalue weighted by atomic mass is 28.4. The summed E-state index contributed by atoms with van der Waals surface area (Å²) in [7, 11) is -6.34. The van der Waals surface area contributed by atoms with Gasteiger partial charge in [-0.05, 0) is 103 Å². The van der Waals surface area contributed by atoms with E-state index in [0.717, 1.165) is 103 Å². The Morgan fingerprint density at radius 3 is 0.431 bits per heavy atom. The van der Waals surface area contributed by atoms with Crippen molar-refractivity contribution in [1.82, 2.24) is 0 Å². The number of allylic oxidation sites excluding steroid dienone is 8. The molecule has 0 N–H and O–H groups in total. The molecule has 0 aliphatic rings. The predicted molar refractivity (Wildman–Crippen MR) is 252 cm³/mol. The first kappa shape index (κ1) is 58.1. The number of rotatable bonds is 40. The topological polar surface area (TPSA) is 73.8 Å². The van der Waals surface area contributed by atoms with E-state index >= 15 is 0 Å². The average molecular weight is 849 g/mol. The van der Waals surface area contributed by atoms with E-state index in [1.165, 1.54) is 0 Å². The summed E-state index contributed by atoms with van der Waals surface area (Å²) in [5.41, 5.74) is 0. The Balaban J connectivity index is 0. The summed E-state index contributed by atoms with van der Waals surface area (Å²) in [4.78, 5) is 0. The SMILES string of the molecule is CCC=CCCO[Si](OCCC=CCC)(OCCC=CCC)OCCC=CCC.CCC=CCCO[Si](OCCC=CCC)(OCCC=CCC)OCCC=CCC. The van der Waals surface area contributed by atoms with E-state index in [9.17, 15) is 0 Å². The molecule has 0 fully saturated rings. The van der Waals surface area contributed by atoms with Crippen molar-refractivity contribution < 1.29 is 35.4 Å². The highest BCUT2D eigenvalue weighted by molar-refractivity contribution is 6.53. The van der Waals surface area contributed by atoms with Crippen LogP contribution in [0.5, 0.6) is 0 Å². The molecule has 336 valence electrons. The van der Waals surface area contributed by atoms with Crippen LogP contribution in [0, 0.1) is 0 Å². The van der Waals surface area contributed by atoms with E-state index in [2.05, 4.69) is 153 Å². The van der Waals surface area contributed by atoms with Gasteiger partial charge in [-0.3, -0.25) is 0 Å². The maximum absolute atomic E-state index is 6.14. The van der Waals surface area contributed by atoms with Crippen molar-refractivity contribution in [2.75, 3.05) is 52.9 Å². The molecule has 0 amide bonds. The minimum Gasteiger partial charge on any atom is -0.351 e. The molecule has 8 nitrogen and oxygen atoms in total. The predicted octanol–water partition coefficient (Wildman–Crippen LogP) is 13.8. The van der Waals surface area contributed by atoms with Gasteiger partial charge in [-0.2, -0.15) is 0 Å². The molecule has 0 radical (unpaired) electrons. The Morgan fingerprint density at radius 1 is 0.207 bits per heavy atom. The summed E-state index contributed by atoms with van der Waals surface area (Å²) < 4.78 is 49.2. The molecule has 0 aromatic rings. The first-order valence-corrected chi connectivity index (χ1v) is 26.1. The van der Waals surface area contributed by atoms with Crippen LogP contribution in [0.3, 0.4) is 0 Å². The van der Waals surface area contributed by atoms with Gasteiger partial charge in [0.15, 0.2) is 0 Å². The quantitative estimate of drug-likeness (QED) is 0.0343. The lowest BCUT2D eigenvalue weighted by atomic mass is 10.3. The van der Waals surface area contributed by atoms with Crippen molar-refractivity contribution in [3.63, 3.8) is 0 Å². The minimum absolute atomic E-state index is 0.545. The molecular weight excluding hydrogens is 761 g/mol. The van der Waals surface area contributed by atoms with E-state index in [4.69, 9.17) is 35.4 Å². The lowest BCUT2D eigenvalue weighted by molar-refractivity contribution is -0.0327. The van der Waals surface area contributed by atoms with Crippen LogP contribution in [0.4, 0.5) is 0 Å². The van der Waals surface area contributed by atoms with Crippen LogP contribution >= 0.6 is 0 Å². The first-order chi connectivity index (χ1) is 28.5. The maximum atomic E-state index is 6.14. The van der Waals surface area contributed by atoms with Gasteiger partial charge < -0.3 is 35.4 Å². The molecule has 0 bridgehead atoms. The van der Waals surface area contributed by atoms with Crippen LogP contribution in [0.25, 0.3) is 0 Å². The van der Waals surface area contributed by atoms with Crippen LogP contribution in [-0.2, 0) is 35.4 Å². The summed E-state index contributed by atoms with van der Waals surface area (Å²) in [5.74, 6) is 0. The zero-order valence-electron chi connectivity index (χ0n) is 38.5. The van der Waals surface area contributed by atoms with Crippen LogP contribution in [0.15, 0.2) is 97.2 Å². The van der Waals surface area contributed by atoms with Crippen molar-refractivity contribution in [3.05, 3.63) is 97.2 Å². The normalized spacial score (nSPS) is 14.8. The fourth-order valence-corrected chi connectivity index (χ4v) is 8.73. The zero-order chi connectivity index (χ0) is 42.9. The fourth-order valence-electron chi connectivity index (χ4n) is 4.79. The van der Waals surface area contributed by atoms with Gasteiger partial charge >= 0.3 is 18.1 Å². The molecule has 0 saturated carbocycles. The Hall–Kier alpha value is -1.97. The van der Waals surface area contributed by atoms with Gasteiger partial charge in [0.25, 0.3) is 0 Å². The summed E-state index contributed by atoms with van der Waals surface area (Å²) in [6.45, 7) is 21.4. The highest BCUT2D eigenvalue weighted by Gasteiger charge is 2.46. The van der Waals surface area contributed by atoms with Crippen molar-refractivity contribution in [2.24, 2.45) is 0 Å². The van der Waals surface area contributed by atoms with Crippen molar-refractivity contribution in [1.29, 1.82) is 0 Å². The molecule has 0 aliphatic carbocycles. The molecule has 10 heteroatoms. The molecule has 0 unspecified atom stereocenters. The average Bonchev–Trinajstić information content (AvgIpc) is 3.23. The van der Waals surface area contributed by atoms with Gasteiger partial charge in [0.2, 0.25) is 0 Å². The lowest BCUT2D eigenvalue weighted by Crippen LogP contribution is -2.50. The highest BCUT2D eigenvalue weighted by Crippen LogP contribution is 2.17. The largest absolute Gasteiger partial charge is 0.679 e. The van der Waals surface area contributed by atoms with E-state index in [1.807, 2.05) is 0 Å². The van der Waals surface area contributed by atoms with E-state index < -0.39 is 18.1 Å².